The van der Waals surface area contributed by atoms with Crippen molar-refractivity contribution in [2.24, 2.45) is 34.5 Å². The monoisotopic (exact) mass is 286 g/mol. The molecule has 0 bridgehead atoms. The van der Waals surface area contributed by atoms with Crippen molar-refractivity contribution in [1.82, 2.24) is 0 Å². The van der Waals surface area contributed by atoms with E-state index in [0.717, 1.165) is 23.7 Å². The highest BCUT2D eigenvalue weighted by atomic mass is 14.6. The molecule has 0 saturated heterocycles. The zero-order valence-corrected chi connectivity index (χ0v) is 14.5. The molecule has 3 saturated carbocycles. The molecular weight excluding hydrogens is 252 g/mol. The molecule has 118 valence electrons. The number of rotatable bonds is 1. The van der Waals surface area contributed by atoms with Crippen LogP contribution in [0.1, 0.15) is 85.0 Å². The first-order valence-corrected chi connectivity index (χ1v) is 9.79. The van der Waals surface area contributed by atoms with Crippen LogP contribution in [0.15, 0.2) is 11.6 Å². The van der Waals surface area contributed by atoms with E-state index < -0.39 is 0 Å². The van der Waals surface area contributed by atoms with E-state index in [0.29, 0.717) is 10.8 Å². The maximum Gasteiger partial charge on any atom is -0.00853 e. The normalized spacial score (nSPS) is 52.6. The summed E-state index contributed by atoms with van der Waals surface area (Å²) < 4.78 is 0. The molecule has 21 heavy (non-hydrogen) atoms. The fourth-order valence-electron chi connectivity index (χ4n) is 7.48. The van der Waals surface area contributed by atoms with Gasteiger partial charge in [-0.25, -0.2) is 0 Å². The van der Waals surface area contributed by atoms with Gasteiger partial charge in [-0.15, -0.1) is 0 Å². The fraction of sp³-hybridized carbons (Fsp3) is 0.905. The van der Waals surface area contributed by atoms with Crippen molar-refractivity contribution in [3.8, 4) is 0 Å². The van der Waals surface area contributed by atoms with Crippen molar-refractivity contribution < 1.29 is 0 Å². The van der Waals surface area contributed by atoms with Gasteiger partial charge in [0.1, 0.15) is 0 Å². The molecule has 1 unspecified atom stereocenters. The molecule has 0 aromatic carbocycles. The summed E-state index contributed by atoms with van der Waals surface area (Å²) in [5.41, 5.74) is 3.14. The molecule has 4 aliphatic rings. The SMILES string of the molecule is CCC1CC[C@H]2[C@@H]3CC=C4CCCC[C@]4(C)[C@H]3CC[C@]12C. The Morgan fingerprint density at radius 1 is 1.05 bits per heavy atom. The Morgan fingerprint density at radius 3 is 2.71 bits per heavy atom. The lowest BCUT2D eigenvalue weighted by Gasteiger charge is -2.57. The van der Waals surface area contributed by atoms with Gasteiger partial charge in [0.15, 0.2) is 0 Å². The van der Waals surface area contributed by atoms with Gasteiger partial charge in [0, 0.05) is 0 Å². The van der Waals surface area contributed by atoms with E-state index in [1.807, 2.05) is 5.57 Å². The number of allylic oxidation sites excluding steroid dienone is 2. The third-order valence-electron chi connectivity index (χ3n) is 8.71. The Kier molecular flexibility index (Phi) is 3.32. The van der Waals surface area contributed by atoms with Crippen LogP contribution in [0.5, 0.6) is 0 Å². The van der Waals surface area contributed by atoms with Crippen LogP contribution in [0.4, 0.5) is 0 Å². The van der Waals surface area contributed by atoms with Crippen molar-refractivity contribution in [2.75, 3.05) is 0 Å². The molecule has 0 aromatic heterocycles. The Morgan fingerprint density at radius 2 is 1.90 bits per heavy atom. The molecule has 0 nitrogen and oxygen atoms in total. The summed E-state index contributed by atoms with van der Waals surface area (Å²) in [4.78, 5) is 0. The van der Waals surface area contributed by atoms with Gasteiger partial charge in [0.25, 0.3) is 0 Å². The Labute approximate surface area is 131 Å². The van der Waals surface area contributed by atoms with Gasteiger partial charge in [-0.2, -0.15) is 0 Å². The predicted octanol–water partition coefficient (Wildman–Crippen LogP) is 6.37. The largest absolute Gasteiger partial charge is 0.0845 e. The average Bonchev–Trinajstić information content (AvgIpc) is 2.83. The van der Waals surface area contributed by atoms with Crippen LogP contribution < -0.4 is 0 Å². The Bertz CT molecular complexity index is 447. The molecule has 0 amide bonds. The van der Waals surface area contributed by atoms with Crippen LogP contribution in [0.25, 0.3) is 0 Å². The Balaban J connectivity index is 1.67. The van der Waals surface area contributed by atoms with Gasteiger partial charge in [-0.3, -0.25) is 0 Å². The molecule has 0 aromatic rings. The molecule has 0 spiro atoms. The first-order valence-electron chi connectivity index (χ1n) is 9.79. The van der Waals surface area contributed by atoms with E-state index in [9.17, 15) is 0 Å². The van der Waals surface area contributed by atoms with E-state index >= 15 is 0 Å². The van der Waals surface area contributed by atoms with Crippen LogP contribution in [0.3, 0.4) is 0 Å². The van der Waals surface area contributed by atoms with Crippen LogP contribution >= 0.6 is 0 Å². The van der Waals surface area contributed by atoms with Crippen LogP contribution in [-0.4, -0.2) is 0 Å². The summed E-state index contributed by atoms with van der Waals surface area (Å²) in [6, 6.07) is 0. The van der Waals surface area contributed by atoms with Crippen LogP contribution in [-0.2, 0) is 0 Å². The number of hydrogen-bond donors (Lipinski definition) is 0. The van der Waals surface area contributed by atoms with Gasteiger partial charge in [0.05, 0.1) is 0 Å². The quantitative estimate of drug-likeness (QED) is 0.492. The van der Waals surface area contributed by atoms with Crippen molar-refractivity contribution in [3.05, 3.63) is 11.6 Å². The van der Waals surface area contributed by atoms with Gasteiger partial charge in [0.2, 0.25) is 0 Å². The van der Waals surface area contributed by atoms with E-state index in [1.54, 1.807) is 0 Å². The van der Waals surface area contributed by atoms with Gasteiger partial charge in [-0.05, 0) is 85.9 Å². The predicted molar refractivity (Wildman–Crippen MR) is 90.1 cm³/mol. The number of hydrogen-bond acceptors (Lipinski definition) is 0. The van der Waals surface area contributed by atoms with Crippen molar-refractivity contribution in [3.63, 3.8) is 0 Å². The zero-order chi connectivity index (χ0) is 14.7. The summed E-state index contributed by atoms with van der Waals surface area (Å²) in [6.45, 7) is 7.74. The standard InChI is InChI=1S/C21H34/c1-4-15-9-11-18-17-10-8-16-7-5-6-13-20(16,2)19(17)12-14-21(15,18)3/h8,15,17-19H,4-7,9-14H2,1-3H3/t15?,17-,18-,19-,20-,21+/m0/s1. The van der Waals surface area contributed by atoms with E-state index in [4.69, 9.17) is 0 Å². The van der Waals surface area contributed by atoms with E-state index in [2.05, 4.69) is 26.8 Å². The summed E-state index contributed by atoms with van der Waals surface area (Å²) in [6.07, 6.45) is 17.5. The van der Waals surface area contributed by atoms with Gasteiger partial charge >= 0.3 is 0 Å². The first-order chi connectivity index (χ1) is 10.1. The molecule has 3 fully saturated rings. The highest BCUT2D eigenvalue weighted by Gasteiger charge is 2.57. The van der Waals surface area contributed by atoms with Gasteiger partial charge < -0.3 is 0 Å². The lowest BCUT2D eigenvalue weighted by Crippen LogP contribution is -2.49. The summed E-state index contributed by atoms with van der Waals surface area (Å²) >= 11 is 0. The second-order valence-corrected chi connectivity index (χ2v) is 9.19. The van der Waals surface area contributed by atoms with E-state index in [-0.39, 0.29) is 0 Å². The highest BCUT2D eigenvalue weighted by molar-refractivity contribution is 5.24. The highest BCUT2D eigenvalue weighted by Crippen LogP contribution is 2.66. The molecule has 0 aliphatic heterocycles. The second-order valence-electron chi connectivity index (χ2n) is 9.19. The molecular formula is C21H34. The minimum absolute atomic E-state index is 0.590. The maximum atomic E-state index is 2.71. The smallest absolute Gasteiger partial charge is 0.00853 e. The molecule has 6 atom stereocenters. The second kappa shape index (κ2) is 4.87. The third kappa shape index (κ3) is 1.86. The van der Waals surface area contributed by atoms with Crippen molar-refractivity contribution in [2.45, 2.75) is 85.0 Å². The zero-order valence-electron chi connectivity index (χ0n) is 14.5. The minimum atomic E-state index is 0.590. The number of fused-ring (bicyclic) bond motifs is 5. The molecule has 0 heterocycles. The summed E-state index contributed by atoms with van der Waals surface area (Å²) in [5.74, 6) is 4.10. The van der Waals surface area contributed by atoms with E-state index in [1.165, 1.54) is 64.2 Å². The van der Waals surface area contributed by atoms with Crippen molar-refractivity contribution >= 4 is 0 Å². The first kappa shape index (κ1) is 14.3. The molecule has 4 aliphatic carbocycles. The molecule has 0 radical (unpaired) electrons. The lowest BCUT2D eigenvalue weighted by molar-refractivity contribution is -0.0415. The van der Waals surface area contributed by atoms with Crippen LogP contribution in [0, 0.1) is 34.5 Å². The molecule has 0 N–H and O–H groups in total. The minimum Gasteiger partial charge on any atom is -0.0845 e. The third-order valence-corrected chi connectivity index (χ3v) is 8.71. The summed E-state index contributed by atoms with van der Waals surface area (Å²) in [7, 11) is 0. The summed E-state index contributed by atoms with van der Waals surface area (Å²) in [5, 5.41) is 0. The maximum absolute atomic E-state index is 2.71. The van der Waals surface area contributed by atoms with Crippen LogP contribution in [0.2, 0.25) is 0 Å². The van der Waals surface area contributed by atoms with Gasteiger partial charge in [-0.1, -0.05) is 45.3 Å². The Hall–Kier alpha value is -0.260. The topological polar surface area (TPSA) is 0 Å². The van der Waals surface area contributed by atoms with Crippen molar-refractivity contribution in [1.29, 1.82) is 0 Å². The average molecular weight is 287 g/mol. The lowest BCUT2D eigenvalue weighted by atomic mass is 9.47. The molecule has 0 heteroatoms. The molecule has 4 rings (SSSR count). The fourth-order valence-corrected chi connectivity index (χ4v) is 7.48.